The van der Waals surface area contributed by atoms with Crippen LogP contribution < -0.4 is 5.32 Å². The van der Waals surface area contributed by atoms with Crippen molar-refractivity contribution in [2.75, 3.05) is 53.0 Å². The molecule has 0 aromatic carbocycles. The van der Waals surface area contributed by atoms with Gasteiger partial charge in [0, 0.05) is 44.7 Å². The fourth-order valence-corrected chi connectivity index (χ4v) is 3.87. The van der Waals surface area contributed by atoms with Crippen molar-refractivity contribution in [1.82, 2.24) is 15.1 Å². The first-order chi connectivity index (χ1) is 11.5. The third kappa shape index (κ3) is 5.03. The Labute approximate surface area is 147 Å². The van der Waals surface area contributed by atoms with E-state index < -0.39 is 0 Å². The molecule has 0 atom stereocenters. The van der Waals surface area contributed by atoms with E-state index >= 15 is 0 Å². The molecule has 1 aromatic rings. The minimum atomic E-state index is 0.00768. The fraction of sp³-hybridized carbons (Fsp3) is 0.647. The smallest absolute Gasteiger partial charge is 0.264 e. The number of amides is 2. The highest BCUT2D eigenvalue weighted by Crippen LogP contribution is 2.24. The van der Waals surface area contributed by atoms with Crippen LogP contribution in [0.1, 0.15) is 27.0 Å². The Morgan fingerprint density at radius 3 is 2.58 bits per heavy atom. The zero-order valence-electron chi connectivity index (χ0n) is 14.8. The first-order valence-electron chi connectivity index (χ1n) is 8.41. The Morgan fingerprint density at radius 2 is 2.00 bits per heavy atom. The largest absolute Gasteiger partial charge is 0.383 e. The van der Waals surface area contributed by atoms with E-state index in [1.807, 2.05) is 11.0 Å². The lowest BCUT2D eigenvalue weighted by atomic mass is 10.2. The normalized spacial score (nSPS) is 15.5. The molecule has 2 amide bonds. The maximum atomic E-state index is 12.6. The summed E-state index contributed by atoms with van der Waals surface area (Å²) < 4.78 is 4.91. The van der Waals surface area contributed by atoms with Crippen molar-refractivity contribution in [1.29, 1.82) is 0 Å². The number of hydrogen-bond donors (Lipinski definition) is 1. The molecule has 2 rings (SSSR count). The summed E-state index contributed by atoms with van der Waals surface area (Å²) in [7, 11) is 1.61. The van der Waals surface area contributed by atoms with Gasteiger partial charge in [0.15, 0.2) is 0 Å². The van der Waals surface area contributed by atoms with Gasteiger partial charge in [-0.2, -0.15) is 0 Å². The lowest BCUT2D eigenvalue weighted by Gasteiger charge is -2.34. The maximum absolute atomic E-state index is 12.6. The molecule has 0 bridgehead atoms. The molecule has 1 fully saturated rings. The van der Waals surface area contributed by atoms with Crippen LogP contribution in [0.2, 0.25) is 0 Å². The molecule has 0 aliphatic carbocycles. The Hall–Kier alpha value is -1.44. The van der Waals surface area contributed by atoms with Crippen LogP contribution in [0.25, 0.3) is 0 Å². The summed E-state index contributed by atoms with van der Waals surface area (Å²) in [5, 5.41) is 2.82. The van der Waals surface area contributed by atoms with Crippen LogP contribution in [0.15, 0.2) is 6.07 Å². The molecule has 24 heavy (non-hydrogen) atoms. The molecule has 1 aliphatic rings. The van der Waals surface area contributed by atoms with Crippen molar-refractivity contribution in [3.8, 4) is 0 Å². The number of carbonyl (C=O) groups is 2. The van der Waals surface area contributed by atoms with Gasteiger partial charge in [-0.05, 0) is 25.0 Å². The molecule has 1 N–H and O–H groups in total. The number of aryl methyl sites for hydroxylation is 2. The van der Waals surface area contributed by atoms with Gasteiger partial charge in [0.1, 0.15) is 0 Å². The highest BCUT2D eigenvalue weighted by molar-refractivity contribution is 7.14. The zero-order valence-corrected chi connectivity index (χ0v) is 15.6. The van der Waals surface area contributed by atoms with Gasteiger partial charge in [-0.1, -0.05) is 6.92 Å². The van der Waals surface area contributed by atoms with E-state index in [-0.39, 0.29) is 11.8 Å². The Bertz CT molecular complexity index is 565. The van der Waals surface area contributed by atoms with Crippen molar-refractivity contribution >= 4 is 23.2 Å². The standard InChI is InChI=1S/C17H27N3O3S/c1-4-14-13(2)11-15(24-14)17(22)20-8-6-19(7-9-20)12-16(21)18-5-10-23-3/h11H,4-10,12H2,1-3H3,(H,18,21). The number of thiophene rings is 1. The van der Waals surface area contributed by atoms with Gasteiger partial charge >= 0.3 is 0 Å². The quantitative estimate of drug-likeness (QED) is 0.747. The number of nitrogens with zero attached hydrogens (tertiary/aromatic N) is 2. The van der Waals surface area contributed by atoms with Crippen molar-refractivity contribution in [2.24, 2.45) is 0 Å². The van der Waals surface area contributed by atoms with Crippen molar-refractivity contribution in [3.63, 3.8) is 0 Å². The molecule has 0 unspecified atom stereocenters. The molecule has 0 radical (unpaired) electrons. The molecule has 134 valence electrons. The second-order valence-corrected chi connectivity index (χ2v) is 7.12. The van der Waals surface area contributed by atoms with E-state index in [9.17, 15) is 9.59 Å². The first-order valence-corrected chi connectivity index (χ1v) is 9.23. The highest BCUT2D eigenvalue weighted by Gasteiger charge is 2.24. The van der Waals surface area contributed by atoms with Crippen LogP contribution in [-0.2, 0) is 16.0 Å². The third-order valence-corrected chi connectivity index (χ3v) is 5.58. The van der Waals surface area contributed by atoms with E-state index in [4.69, 9.17) is 4.74 Å². The zero-order chi connectivity index (χ0) is 17.5. The van der Waals surface area contributed by atoms with Gasteiger partial charge in [-0.15, -0.1) is 11.3 Å². The predicted octanol–water partition coefficient (Wildman–Crippen LogP) is 1.14. The topological polar surface area (TPSA) is 61.9 Å². The molecule has 1 aliphatic heterocycles. The second-order valence-electron chi connectivity index (χ2n) is 5.98. The Morgan fingerprint density at radius 1 is 1.29 bits per heavy atom. The summed E-state index contributed by atoms with van der Waals surface area (Å²) in [5.74, 6) is 0.125. The number of carbonyl (C=O) groups excluding carboxylic acids is 2. The Balaban J connectivity index is 1.79. The van der Waals surface area contributed by atoms with Crippen LogP contribution >= 0.6 is 11.3 Å². The molecule has 1 saturated heterocycles. The summed E-state index contributed by atoms with van der Waals surface area (Å²) in [4.78, 5) is 30.5. The molecule has 2 heterocycles. The highest BCUT2D eigenvalue weighted by atomic mass is 32.1. The van der Waals surface area contributed by atoms with Crippen LogP contribution in [-0.4, -0.2) is 74.6 Å². The average molecular weight is 353 g/mol. The summed E-state index contributed by atoms with van der Waals surface area (Å²) >= 11 is 1.60. The fourth-order valence-electron chi connectivity index (χ4n) is 2.79. The molecule has 7 heteroatoms. The van der Waals surface area contributed by atoms with Crippen LogP contribution in [0.5, 0.6) is 0 Å². The van der Waals surface area contributed by atoms with Gasteiger partial charge in [0.2, 0.25) is 5.91 Å². The van der Waals surface area contributed by atoms with Crippen molar-refractivity contribution < 1.29 is 14.3 Å². The van der Waals surface area contributed by atoms with Gasteiger partial charge < -0.3 is 15.0 Å². The minimum absolute atomic E-state index is 0.00768. The lowest BCUT2D eigenvalue weighted by molar-refractivity contribution is -0.122. The number of methoxy groups -OCH3 is 1. The molecule has 1 aromatic heterocycles. The molecular weight excluding hydrogens is 326 g/mol. The van der Waals surface area contributed by atoms with Crippen LogP contribution in [0.4, 0.5) is 0 Å². The van der Waals surface area contributed by atoms with Crippen LogP contribution in [0, 0.1) is 6.92 Å². The number of ether oxygens (including phenoxy) is 1. The SMILES string of the molecule is CCc1sc(C(=O)N2CCN(CC(=O)NCCOC)CC2)cc1C. The number of piperazine rings is 1. The predicted molar refractivity (Wildman–Crippen MR) is 95.7 cm³/mol. The Kier molecular flexibility index (Phi) is 7.20. The molecule has 0 saturated carbocycles. The van der Waals surface area contributed by atoms with E-state index in [2.05, 4.69) is 24.1 Å². The number of rotatable bonds is 7. The number of nitrogens with one attached hydrogen (secondary N) is 1. The van der Waals surface area contributed by atoms with Gasteiger partial charge in [-0.25, -0.2) is 0 Å². The van der Waals surface area contributed by atoms with Gasteiger partial charge in [-0.3, -0.25) is 14.5 Å². The van der Waals surface area contributed by atoms with E-state index in [0.717, 1.165) is 24.4 Å². The van der Waals surface area contributed by atoms with E-state index in [1.54, 1.807) is 18.4 Å². The summed E-state index contributed by atoms with van der Waals surface area (Å²) in [5.41, 5.74) is 1.21. The van der Waals surface area contributed by atoms with Crippen molar-refractivity contribution in [3.05, 3.63) is 21.4 Å². The molecule has 0 spiro atoms. The monoisotopic (exact) mass is 353 g/mol. The second kappa shape index (κ2) is 9.15. The summed E-state index contributed by atoms with van der Waals surface area (Å²) in [6, 6.07) is 2.00. The van der Waals surface area contributed by atoms with Crippen LogP contribution in [0.3, 0.4) is 0 Å². The van der Waals surface area contributed by atoms with Gasteiger partial charge in [0.05, 0.1) is 18.0 Å². The molecule has 6 nitrogen and oxygen atoms in total. The summed E-state index contributed by atoms with van der Waals surface area (Å²) in [6.45, 7) is 8.41. The minimum Gasteiger partial charge on any atom is -0.383 e. The lowest BCUT2D eigenvalue weighted by Crippen LogP contribution is -2.51. The van der Waals surface area contributed by atoms with Crippen molar-refractivity contribution in [2.45, 2.75) is 20.3 Å². The first kappa shape index (κ1) is 18.9. The maximum Gasteiger partial charge on any atom is 0.264 e. The summed E-state index contributed by atoms with van der Waals surface area (Å²) in [6.07, 6.45) is 0.968. The number of hydrogen-bond acceptors (Lipinski definition) is 5. The van der Waals surface area contributed by atoms with E-state index in [1.165, 1.54) is 10.4 Å². The average Bonchev–Trinajstić information content (AvgIpc) is 2.96. The van der Waals surface area contributed by atoms with Gasteiger partial charge in [0.25, 0.3) is 5.91 Å². The third-order valence-electron chi connectivity index (χ3n) is 4.21. The molecular formula is C17H27N3O3S. The van der Waals surface area contributed by atoms with E-state index in [0.29, 0.717) is 32.8 Å².